The molecule has 0 bridgehead atoms. The Kier molecular flexibility index (Phi) is 6.50. The molecule has 106 valence electrons. The molecule has 1 aromatic rings. The van der Waals surface area contributed by atoms with Gasteiger partial charge in [0, 0.05) is 23.6 Å². The molecule has 0 aliphatic carbocycles. The molecule has 0 N–H and O–H groups in total. The summed E-state index contributed by atoms with van der Waals surface area (Å²) in [6.07, 6.45) is 5.42. The minimum Gasteiger partial charge on any atom is -0.356 e. The smallest absolute Gasteiger partial charge is 0.152 e. The van der Waals surface area contributed by atoms with Crippen molar-refractivity contribution in [3.8, 4) is 0 Å². The third kappa shape index (κ3) is 3.77. The van der Waals surface area contributed by atoms with Gasteiger partial charge in [0.2, 0.25) is 0 Å². The highest BCUT2D eigenvalue weighted by atomic mass is 16.5. The van der Waals surface area contributed by atoms with E-state index in [1.165, 1.54) is 0 Å². The molecule has 2 heterocycles. The highest BCUT2D eigenvalue weighted by molar-refractivity contribution is 5.85. The number of rotatable bonds is 4. The van der Waals surface area contributed by atoms with E-state index in [9.17, 15) is 4.79 Å². The van der Waals surface area contributed by atoms with Gasteiger partial charge in [0.15, 0.2) is 5.78 Å². The molecule has 1 aliphatic rings. The minimum atomic E-state index is -0.0820. The van der Waals surface area contributed by atoms with E-state index in [-0.39, 0.29) is 11.8 Å². The quantitative estimate of drug-likeness (QED) is 0.837. The average Bonchev–Trinajstić information content (AvgIpc) is 2.46. The Bertz CT molecular complexity index is 407. The lowest BCUT2D eigenvalue weighted by atomic mass is 10.0. The van der Waals surface area contributed by atoms with E-state index in [2.05, 4.69) is 11.9 Å². The van der Waals surface area contributed by atoms with Gasteiger partial charge in [-0.25, -0.2) is 0 Å². The van der Waals surface area contributed by atoms with Gasteiger partial charge in [0.1, 0.15) is 6.73 Å². The molecule has 19 heavy (non-hydrogen) atoms. The van der Waals surface area contributed by atoms with E-state index in [0.717, 1.165) is 24.1 Å². The highest BCUT2D eigenvalue weighted by Crippen LogP contribution is 2.28. The Labute approximate surface area is 115 Å². The molecule has 0 spiro atoms. The van der Waals surface area contributed by atoms with Crippen LogP contribution in [0.3, 0.4) is 0 Å². The van der Waals surface area contributed by atoms with Crippen LogP contribution in [0.4, 0.5) is 5.69 Å². The van der Waals surface area contributed by atoms with Crippen LogP contribution in [0.25, 0.3) is 0 Å². The first-order chi connectivity index (χ1) is 9.24. The van der Waals surface area contributed by atoms with Crippen molar-refractivity contribution in [2.75, 3.05) is 11.6 Å². The van der Waals surface area contributed by atoms with Crippen LogP contribution in [0.1, 0.15) is 46.1 Å². The number of nitrogens with zero attached hydrogens (tertiary/aromatic N) is 2. The molecule has 0 saturated carbocycles. The minimum absolute atomic E-state index is 0.0820. The predicted octanol–water partition coefficient (Wildman–Crippen LogP) is 3.16. The Hall–Kier alpha value is -1.42. The summed E-state index contributed by atoms with van der Waals surface area (Å²) in [6.45, 7) is 8.81. The largest absolute Gasteiger partial charge is 0.356 e. The van der Waals surface area contributed by atoms with E-state index < -0.39 is 0 Å². The van der Waals surface area contributed by atoms with Gasteiger partial charge in [-0.3, -0.25) is 9.78 Å². The van der Waals surface area contributed by atoms with Gasteiger partial charge < -0.3 is 9.64 Å². The van der Waals surface area contributed by atoms with Gasteiger partial charge >= 0.3 is 0 Å². The van der Waals surface area contributed by atoms with E-state index in [1.807, 2.05) is 31.0 Å². The average molecular weight is 264 g/mol. The molecule has 0 radical (unpaired) electrons. The zero-order chi connectivity index (χ0) is 14.3. The van der Waals surface area contributed by atoms with E-state index in [4.69, 9.17) is 4.74 Å². The monoisotopic (exact) mass is 264 g/mol. The first kappa shape index (κ1) is 15.6. The normalized spacial score (nSPS) is 15.1. The third-order valence-corrected chi connectivity index (χ3v) is 3.08. The van der Waals surface area contributed by atoms with Crippen molar-refractivity contribution in [1.29, 1.82) is 0 Å². The molecule has 1 aliphatic heterocycles. The fourth-order valence-corrected chi connectivity index (χ4v) is 2.24. The SMILES string of the molecule is CC.CCCC(C(C)=O)N1COCc2cnccc21. The van der Waals surface area contributed by atoms with Crippen molar-refractivity contribution < 1.29 is 9.53 Å². The Morgan fingerprint density at radius 1 is 1.53 bits per heavy atom. The summed E-state index contributed by atoms with van der Waals surface area (Å²) in [5.41, 5.74) is 2.14. The van der Waals surface area contributed by atoms with Crippen LogP contribution in [0, 0.1) is 0 Å². The van der Waals surface area contributed by atoms with Gasteiger partial charge in [0.05, 0.1) is 12.6 Å². The summed E-state index contributed by atoms with van der Waals surface area (Å²) < 4.78 is 5.52. The van der Waals surface area contributed by atoms with Crippen LogP contribution in [-0.2, 0) is 16.1 Å². The molecule has 2 rings (SSSR count). The second-order valence-corrected chi connectivity index (χ2v) is 4.37. The van der Waals surface area contributed by atoms with E-state index in [1.54, 1.807) is 13.1 Å². The number of carbonyl (C=O) groups excluding carboxylic acids is 1. The summed E-state index contributed by atoms with van der Waals surface area (Å²) in [4.78, 5) is 17.9. The molecule has 1 unspecified atom stereocenters. The van der Waals surface area contributed by atoms with Crippen LogP contribution >= 0.6 is 0 Å². The van der Waals surface area contributed by atoms with Crippen LogP contribution in [0.5, 0.6) is 0 Å². The maximum absolute atomic E-state index is 11.7. The molecule has 4 nitrogen and oxygen atoms in total. The topological polar surface area (TPSA) is 42.4 Å². The number of fused-ring (bicyclic) bond motifs is 1. The molecule has 0 saturated heterocycles. The summed E-state index contributed by atoms with van der Waals surface area (Å²) in [6, 6.07) is 1.88. The zero-order valence-electron chi connectivity index (χ0n) is 12.3. The lowest BCUT2D eigenvalue weighted by Crippen LogP contribution is -2.44. The molecule has 0 aromatic carbocycles. The summed E-state index contributed by atoms with van der Waals surface area (Å²) in [5.74, 6) is 0.195. The van der Waals surface area contributed by atoms with E-state index in [0.29, 0.717) is 13.3 Å². The number of pyridine rings is 1. The lowest BCUT2D eigenvalue weighted by molar-refractivity contribution is -0.118. The van der Waals surface area contributed by atoms with Crippen LogP contribution in [-0.4, -0.2) is 23.5 Å². The van der Waals surface area contributed by atoms with Gasteiger partial charge in [-0.2, -0.15) is 0 Å². The van der Waals surface area contributed by atoms with Crippen molar-refractivity contribution in [3.63, 3.8) is 0 Å². The number of Topliss-reactive ketones (excluding diaryl/α,β-unsaturated/α-hetero) is 1. The summed E-state index contributed by atoms with van der Waals surface area (Å²) in [7, 11) is 0. The Balaban J connectivity index is 0.000000861. The van der Waals surface area contributed by atoms with Gasteiger partial charge in [-0.1, -0.05) is 27.2 Å². The van der Waals surface area contributed by atoms with Crippen LogP contribution in [0.2, 0.25) is 0 Å². The van der Waals surface area contributed by atoms with Gasteiger partial charge in [-0.05, 0) is 19.4 Å². The second-order valence-electron chi connectivity index (χ2n) is 4.37. The summed E-state index contributed by atoms with van der Waals surface area (Å²) >= 11 is 0. The Morgan fingerprint density at radius 3 is 2.89 bits per heavy atom. The van der Waals surface area contributed by atoms with Crippen molar-refractivity contribution in [2.45, 2.75) is 53.2 Å². The molecule has 0 amide bonds. The van der Waals surface area contributed by atoms with Crippen molar-refractivity contribution >= 4 is 11.5 Å². The van der Waals surface area contributed by atoms with E-state index >= 15 is 0 Å². The van der Waals surface area contributed by atoms with Gasteiger partial charge in [0.25, 0.3) is 0 Å². The molecular weight excluding hydrogens is 240 g/mol. The predicted molar refractivity (Wildman–Crippen MR) is 77.1 cm³/mol. The third-order valence-electron chi connectivity index (χ3n) is 3.08. The molecule has 1 aromatic heterocycles. The fourth-order valence-electron chi connectivity index (χ4n) is 2.24. The Morgan fingerprint density at radius 2 is 2.26 bits per heavy atom. The molecule has 4 heteroatoms. The van der Waals surface area contributed by atoms with Crippen molar-refractivity contribution in [2.24, 2.45) is 0 Å². The van der Waals surface area contributed by atoms with Crippen molar-refractivity contribution in [3.05, 3.63) is 24.0 Å². The number of anilines is 1. The molecule has 0 fully saturated rings. The number of aromatic nitrogens is 1. The van der Waals surface area contributed by atoms with Crippen LogP contribution in [0.15, 0.2) is 18.5 Å². The molecule has 1 atom stereocenters. The standard InChI is InChI=1S/C13H18N2O2.C2H6/c1-3-4-12(10(2)16)15-9-17-8-11-7-14-6-5-13(11)15;1-2/h5-7,12H,3-4,8-9H2,1-2H3;1-2H3. The van der Waals surface area contributed by atoms with Crippen molar-refractivity contribution in [1.82, 2.24) is 4.98 Å². The van der Waals surface area contributed by atoms with Crippen LogP contribution < -0.4 is 4.90 Å². The highest BCUT2D eigenvalue weighted by Gasteiger charge is 2.26. The summed E-state index contributed by atoms with van der Waals surface area (Å²) in [5, 5.41) is 0. The first-order valence-corrected chi connectivity index (χ1v) is 7.01. The number of hydrogen-bond acceptors (Lipinski definition) is 4. The second kappa shape index (κ2) is 7.89. The molecular formula is C15H24N2O2. The fraction of sp³-hybridized carbons (Fsp3) is 0.600. The first-order valence-electron chi connectivity index (χ1n) is 7.01. The number of ether oxygens (including phenoxy) is 1. The maximum Gasteiger partial charge on any atom is 0.152 e. The lowest BCUT2D eigenvalue weighted by Gasteiger charge is -2.36. The number of hydrogen-bond donors (Lipinski definition) is 0. The number of carbonyl (C=O) groups is 1. The number of ketones is 1. The van der Waals surface area contributed by atoms with Gasteiger partial charge in [-0.15, -0.1) is 0 Å². The maximum atomic E-state index is 11.7. The zero-order valence-corrected chi connectivity index (χ0v) is 12.3.